The van der Waals surface area contributed by atoms with Gasteiger partial charge in [0.1, 0.15) is 0 Å². The highest BCUT2D eigenvalue weighted by molar-refractivity contribution is 5.79. The maximum Gasteiger partial charge on any atom is 0.320 e. The second-order valence-corrected chi connectivity index (χ2v) is 6.23. The first-order valence-electron chi connectivity index (χ1n) is 8.07. The maximum atomic E-state index is 12.7. The van der Waals surface area contributed by atoms with Crippen LogP contribution in [0.2, 0.25) is 0 Å². The van der Waals surface area contributed by atoms with Gasteiger partial charge < -0.3 is 20.2 Å². The molecule has 0 aliphatic carbocycles. The van der Waals surface area contributed by atoms with E-state index in [9.17, 15) is 14.7 Å². The molecule has 2 aliphatic heterocycles. The van der Waals surface area contributed by atoms with E-state index in [0.717, 1.165) is 38.9 Å². The maximum absolute atomic E-state index is 12.7. The molecule has 2 amide bonds. The van der Waals surface area contributed by atoms with Gasteiger partial charge in [0.15, 0.2) is 0 Å². The van der Waals surface area contributed by atoms with Crippen molar-refractivity contribution in [1.29, 1.82) is 0 Å². The van der Waals surface area contributed by atoms with Gasteiger partial charge in [-0.3, -0.25) is 4.79 Å². The Hall–Kier alpha value is -1.30. The normalized spacial score (nSPS) is 27.3. The molecule has 2 N–H and O–H groups in total. The quantitative estimate of drug-likeness (QED) is 0.825. The molecule has 1 atom stereocenters. The fourth-order valence-corrected chi connectivity index (χ4v) is 3.50. The number of hydrogen-bond acceptors (Lipinski definition) is 3. The van der Waals surface area contributed by atoms with E-state index in [2.05, 4.69) is 5.32 Å². The molecule has 6 heteroatoms. The summed E-state index contributed by atoms with van der Waals surface area (Å²) in [5.41, 5.74) is -0.743. The lowest BCUT2D eigenvalue weighted by molar-refractivity contribution is -0.152. The molecule has 0 aromatic carbocycles. The number of likely N-dealkylation sites (tertiary alicyclic amines) is 1. The Morgan fingerprint density at radius 2 is 1.90 bits per heavy atom. The third-order valence-electron chi connectivity index (χ3n) is 4.64. The molecule has 1 unspecified atom stereocenters. The van der Waals surface area contributed by atoms with E-state index >= 15 is 0 Å². The number of nitrogens with zero attached hydrogens (tertiary/aromatic N) is 2. The molecule has 2 fully saturated rings. The number of rotatable bonds is 3. The average molecular weight is 297 g/mol. The Morgan fingerprint density at radius 1 is 1.14 bits per heavy atom. The number of carboxylic acids is 1. The van der Waals surface area contributed by atoms with E-state index in [1.54, 1.807) is 4.90 Å². The summed E-state index contributed by atoms with van der Waals surface area (Å²) in [6.07, 6.45) is 3.90. The summed E-state index contributed by atoms with van der Waals surface area (Å²) in [4.78, 5) is 28.0. The Labute approximate surface area is 126 Å². The zero-order chi connectivity index (χ0) is 15.3. The minimum absolute atomic E-state index is 0.0140. The van der Waals surface area contributed by atoms with Crippen molar-refractivity contribution in [3.8, 4) is 0 Å². The van der Waals surface area contributed by atoms with Crippen LogP contribution in [0.25, 0.3) is 0 Å². The van der Waals surface area contributed by atoms with Crippen molar-refractivity contribution >= 4 is 12.0 Å². The van der Waals surface area contributed by atoms with Crippen molar-refractivity contribution < 1.29 is 14.7 Å². The number of carbonyl (C=O) groups is 2. The van der Waals surface area contributed by atoms with Crippen LogP contribution in [0.3, 0.4) is 0 Å². The lowest BCUT2D eigenvalue weighted by Gasteiger charge is -2.41. The first kappa shape index (κ1) is 16.1. The van der Waals surface area contributed by atoms with Crippen molar-refractivity contribution in [2.45, 2.75) is 39.0 Å². The molecular formula is C15H27N3O3. The monoisotopic (exact) mass is 297 g/mol. The van der Waals surface area contributed by atoms with E-state index in [1.807, 2.05) is 11.8 Å². The predicted octanol–water partition coefficient (Wildman–Crippen LogP) is 1.37. The summed E-state index contributed by atoms with van der Waals surface area (Å²) in [5, 5.41) is 12.9. The van der Waals surface area contributed by atoms with Gasteiger partial charge in [-0.2, -0.15) is 0 Å². The largest absolute Gasteiger partial charge is 0.481 e. The smallest absolute Gasteiger partial charge is 0.320 e. The topological polar surface area (TPSA) is 72.9 Å². The summed E-state index contributed by atoms with van der Waals surface area (Å²) in [6, 6.07) is 0.0140. The van der Waals surface area contributed by atoms with Gasteiger partial charge in [-0.1, -0.05) is 13.3 Å². The summed E-state index contributed by atoms with van der Waals surface area (Å²) in [6.45, 7) is 6.28. The Kier molecular flexibility index (Phi) is 5.45. The molecule has 2 aliphatic rings. The summed E-state index contributed by atoms with van der Waals surface area (Å²) in [5.74, 6) is -0.751. The van der Waals surface area contributed by atoms with Crippen LogP contribution in [-0.2, 0) is 4.79 Å². The average Bonchev–Trinajstić information content (AvgIpc) is 2.76. The van der Waals surface area contributed by atoms with Crippen LogP contribution in [-0.4, -0.2) is 66.2 Å². The third kappa shape index (κ3) is 3.67. The summed E-state index contributed by atoms with van der Waals surface area (Å²) >= 11 is 0. The second-order valence-electron chi connectivity index (χ2n) is 6.23. The van der Waals surface area contributed by atoms with Crippen molar-refractivity contribution in [2.24, 2.45) is 5.41 Å². The SMILES string of the molecule is CCCC1(C(=O)O)CCCN(C(=O)N2CCCNCC2)C1. The van der Waals surface area contributed by atoms with E-state index < -0.39 is 11.4 Å². The molecule has 0 aromatic heterocycles. The molecule has 0 radical (unpaired) electrons. The molecule has 2 heterocycles. The predicted molar refractivity (Wildman–Crippen MR) is 80.2 cm³/mol. The number of aliphatic carboxylic acids is 1. The molecular weight excluding hydrogens is 270 g/mol. The highest BCUT2D eigenvalue weighted by Gasteiger charge is 2.43. The number of carboxylic acid groups (broad SMARTS) is 1. The molecule has 2 rings (SSSR count). The van der Waals surface area contributed by atoms with Crippen molar-refractivity contribution in [1.82, 2.24) is 15.1 Å². The first-order valence-corrected chi connectivity index (χ1v) is 8.07. The van der Waals surface area contributed by atoms with Gasteiger partial charge >= 0.3 is 12.0 Å². The first-order chi connectivity index (χ1) is 10.1. The number of nitrogens with one attached hydrogen (secondary N) is 1. The number of hydrogen-bond donors (Lipinski definition) is 2. The van der Waals surface area contributed by atoms with Crippen LogP contribution in [0.1, 0.15) is 39.0 Å². The lowest BCUT2D eigenvalue weighted by atomic mass is 9.76. The number of piperidine rings is 1. The van der Waals surface area contributed by atoms with E-state index in [-0.39, 0.29) is 6.03 Å². The molecule has 0 saturated carbocycles. The molecule has 21 heavy (non-hydrogen) atoms. The van der Waals surface area contributed by atoms with E-state index in [0.29, 0.717) is 32.5 Å². The highest BCUT2D eigenvalue weighted by atomic mass is 16.4. The van der Waals surface area contributed by atoms with Crippen LogP contribution < -0.4 is 5.32 Å². The minimum Gasteiger partial charge on any atom is -0.481 e. The third-order valence-corrected chi connectivity index (χ3v) is 4.64. The Bertz CT molecular complexity index is 376. The molecule has 6 nitrogen and oxygen atoms in total. The lowest BCUT2D eigenvalue weighted by Crippen LogP contribution is -2.54. The van der Waals surface area contributed by atoms with Gasteiger partial charge in [0.25, 0.3) is 0 Å². The van der Waals surface area contributed by atoms with Gasteiger partial charge in [0.2, 0.25) is 0 Å². The standard InChI is InChI=1S/C15H27N3O3/c1-2-5-15(13(19)20)6-3-9-18(12-15)14(21)17-10-4-7-16-8-11-17/h16H,2-12H2,1H3,(H,19,20). The van der Waals surface area contributed by atoms with Crippen molar-refractivity contribution in [3.63, 3.8) is 0 Å². The van der Waals surface area contributed by atoms with Gasteiger partial charge in [0.05, 0.1) is 5.41 Å². The van der Waals surface area contributed by atoms with Crippen LogP contribution in [0.4, 0.5) is 4.79 Å². The molecule has 0 spiro atoms. The number of urea groups is 1. The number of amides is 2. The van der Waals surface area contributed by atoms with Crippen LogP contribution in [0.15, 0.2) is 0 Å². The minimum atomic E-state index is -0.751. The summed E-state index contributed by atoms with van der Waals surface area (Å²) < 4.78 is 0. The fraction of sp³-hybridized carbons (Fsp3) is 0.867. The fourth-order valence-electron chi connectivity index (χ4n) is 3.50. The Balaban J connectivity index is 2.05. The zero-order valence-corrected chi connectivity index (χ0v) is 12.9. The second kappa shape index (κ2) is 7.11. The summed E-state index contributed by atoms with van der Waals surface area (Å²) in [7, 11) is 0. The van der Waals surface area contributed by atoms with E-state index in [4.69, 9.17) is 0 Å². The zero-order valence-electron chi connectivity index (χ0n) is 12.9. The van der Waals surface area contributed by atoms with Gasteiger partial charge in [-0.25, -0.2) is 4.79 Å². The van der Waals surface area contributed by atoms with Crippen molar-refractivity contribution in [2.75, 3.05) is 39.3 Å². The van der Waals surface area contributed by atoms with Gasteiger partial charge in [-0.05, 0) is 32.2 Å². The van der Waals surface area contributed by atoms with Crippen LogP contribution in [0.5, 0.6) is 0 Å². The Morgan fingerprint density at radius 3 is 2.62 bits per heavy atom. The molecule has 2 saturated heterocycles. The van der Waals surface area contributed by atoms with Crippen molar-refractivity contribution in [3.05, 3.63) is 0 Å². The number of carbonyl (C=O) groups excluding carboxylic acids is 1. The van der Waals surface area contributed by atoms with Gasteiger partial charge in [0, 0.05) is 32.7 Å². The highest BCUT2D eigenvalue weighted by Crippen LogP contribution is 2.35. The van der Waals surface area contributed by atoms with Crippen LogP contribution >= 0.6 is 0 Å². The van der Waals surface area contributed by atoms with Gasteiger partial charge in [-0.15, -0.1) is 0 Å². The van der Waals surface area contributed by atoms with Crippen LogP contribution in [0, 0.1) is 5.41 Å². The molecule has 0 bridgehead atoms. The van der Waals surface area contributed by atoms with E-state index in [1.165, 1.54) is 0 Å². The molecule has 0 aromatic rings. The molecule has 120 valence electrons.